The highest BCUT2D eigenvalue weighted by molar-refractivity contribution is 7.92. The third-order valence-electron chi connectivity index (χ3n) is 4.06. The number of para-hydroxylation sites is 1. The zero-order valence-corrected chi connectivity index (χ0v) is 16.9. The lowest BCUT2D eigenvalue weighted by molar-refractivity contribution is -0.117. The van der Waals surface area contributed by atoms with Crippen molar-refractivity contribution in [1.29, 1.82) is 0 Å². The lowest BCUT2D eigenvalue weighted by atomic mass is 10.1. The summed E-state index contributed by atoms with van der Waals surface area (Å²) in [4.78, 5) is 12.9. The maximum absolute atomic E-state index is 12.9. The molecule has 0 unspecified atom stereocenters. The Morgan fingerprint density at radius 2 is 1.85 bits per heavy atom. The second-order valence-corrected chi connectivity index (χ2v) is 8.51. The van der Waals surface area contributed by atoms with Crippen LogP contribution in [0, 0.1) is 13.8 Å². The van der Waals surface area contributed by atoms with E-state index in [1.165, 1.54) is 4.31 Å². The summed E-state index contributed by atoms with van der Waals surface area (Å²) in [5.41, 5.74) is 2.66. The van der Waals surface area contributed by atoms with Gasteiger partial charge in [-0.3, -0.25) is 9.10 Å². The van der Waals surface area contributed by atoms with Gasteiger partial charge in [0, 0.05) is 0 Å². The second kappa shape index (κ2) is 8.10. The number of carbonyl (C=O) groups is 1. The minimum Gasteiger partial charge on any atom is -0.323 e. The average molecular weight is 395 g/mol. The van der Waals surface area contributed by atoms with Crippen molar-refractivity contribution in [2.24, 2.45) is 0 Å². The number of amides is 1. The molecule has 2 rings (SSSR count). The minimum absolute atomic E-state index is 0.316. The quantitative estimate of drug-likeness (QED) is 0.800. The van der Waals surface area contributed by atoms with Crippen molar-refractivity contribution in [2.45, 2.75) is 33.2 Å². The predicted molar refractivity (Wildman–Crippen MR) is 107 cm³/mol. The molecule has 0 aliphatic heterocycles. The Labute approximate surface area is 160 Å². The molecule has 0 fully saturated rings. The number of sulfonamides is 1. The molecule has 5 nitrogen and oxygen atoms in total. The fraction of sp³-hybridized carbons (Fsp3) is 0.316. The van der Waals surface area contributed by atoms with Crippen LogP contribution in [0.4, 0.5) is 11.4 Å². The number of anilines is 2. The molecule has 1 atom stereocenters. The van der Waals surface area contributed by atoms with E-state index < -0.39 is 22.0 Å². The van der Waals surface area contributed by atoms with Crippen LogP contribution in [0.5, 0.6) is 0 Å². The molecular weight excluding hydrogens is 372 g/mol. The molecule has 7 heteroatoms. The normalized spacial score (nSPS) is 12.5. The Morgan fingerprint density at radius 1 is 1.19 bits per heavy atom. The number of nitrogens with one attached hydrogen (secondary N) is 1. The first kappa shape index (κ1) is 20.3. The van der Waals surface area contributed by atoms with Gasteiger partial charge in [0.15, 0.2) is 0 Å². The first-order valence-corrected chi connectivity index (χ1v) is 10.5. The lowest BCUT2D eigenvalue weighted by Gasteiger charge is -2.31. The maximum atomic E-state index is 12.9. The molecule has 0 saturated heterocycles. The first-order valence-electron chi connectivity index (χ1n) is 8.27. The van der Waals surface area contributed by atoms with Crippen LogP contribution in [0.3, 0.4) is 0 Å². The molecule has 26 heavy (non-hydrogen) atoms. The molecule has 0 spiro atoms. The molecule has 0 aliphatic rings. The van der Waals surface area contributed by atoms with Gasteiger partial charge in [-0.15, -0.1) is 0 Å². The van der Waals surface area contributed by atoms with Crippen molar-refractivity contribution < 1.29 is 13.2 Å². The van der Waals surface area contributed by atoms with Crippen LogP contribution in [0.2, 0.25) is 5.02 Å². The van der Waals surface area contributed by atoms with Gasteiger partial charge < -0.3 is 5.32 Å². The molecule has 140 valence electrons. The molecule has 0 aromatic heterocycles. The van der Waals surface area contributed by atoms with E-state index in [0.29, 0.717) is 22.8 Å². The highest BCUT2D eigenvalue weighted by Crippen LogP contribution is 2.28. The number of nitrogens with zero attached hydrogens (tertiary/aromatic N) is 1. The van der Waals surface area contributed by atoms with Crippen LogP contribution in [-0.4, -0.2) is 26.6 Å². The van der Waals surface area contributed by atoms with Gasteiger partial charge in [0.1, 0.15) is 6.04 Å². The van der Waals surface area contributed by atoms with Gasteiger partial charge in [-0.25, -0.2) is 8.42 Å². The average Bonchev–Trinajstić information content (AvgIpc) is 2.56. The highest BCUT2D eigenvalue weighted by atomic mass is 35.5. The minimum atomic E-state index is -3.68. The van der Waals surface area contributed by atoms with E-state index in [1.54, 1.807) is 37.3 Å². The molecular formula is C19H23ClN2O3S. The van der Waals surface area contributed by atoms with Gasteiger partial charge in [-0.05, 0) is 49.6 Å². The fourth-order valence-electron chi connectivity index (χ4n) is 2.77. The number of hydrogen-bond acceptors (Lipinski definition) is 3. The van der Waals surface area contributed by atoms with Crippen molar-refractivity contribution >= 4 is 38.9 Å². The molecule has 0 saturated carbocycles. The van der Waals surface area contributed by atoms with Crippen LogP contribution >= 0.6 is 11.6 Å². The van der Waals surface area contributed by atoms with E-state index in [9.17, 15) is 13.2 Å². The topological polar surface area (TPSA) is 66.5 Å². The molecule has 0 aliphatic carbocycles. The number of aryl methyl sites for hydroxylation is 2. The Bertz CT molecular complexity index is 913. The summed E-state index contributed by atoms with van der Waals surface area (Å²) in [5, 5.41) is 3.14. The highest BCUT2D eigenvalue weighted by Gasteiger charge is 2.32. The molecule has 2 aromatic carbocycles. The van der Waals surface area contributed by atoms with E-state index in [1.807, 2.05) is 26.0 Å². The van der Waals surface area contributed by atoms with Gasteiger partial charge in [0.25, 0.3) is 0 Å². The maximum Gasteiger partial charge on any atom is 0.248 e. The van der Waals surface area contributed by atoms with Crippen LogP contribution < -0.4 is 9.62 Å². The smallest absolute Gasteiger partial charge is 0.248 e. The van der Waals surface area contributed by atoms with Gasteiger partial charge in [0.05, 0.1) is 22.7 Å². The molecule has 0 bridgehead atoms. The standard InChI is InChI=1S/C19H23ClN2O3S/c1-5-17(19(23)21-16-9-7-6-8-15(16)20)22(26(4,24)25)18-12-13(2)10-11-14(18)3/h6-12,17H,5H2,1-4H3,(H,21,23)/t17-/m1/s1. The summed E-state index contributed by atoms with van der Waals surface area (Å²) in [5.74, 6) is -0.424. The molecule has 0 heterocycles. The van der Waals surface area contributed by atoms with E-state index in [2.05, 4.69) is 5.32 Å². The monoisotopic (exact) mass is 394 g/mol. The van der Waals surface area contributed by atoms with Gasteiger partial charge >= 0.3 is 0 Å². The zero-order valence-electron chi connectivity index (χ0n) is 15.3. The van der Waals surface area contributed by atoms with E-state index in [4.69, 9.17) is 11.6 Å². The van der Waals surface area contributed by atoms with Crippen molar-refractivity contribution in [3.63, 3.8) is 0 Å². The van der Waals surface area contributed by atoms with E-state index in [-0.39, 0.29) is 0 Å². The van der Waals surface area contributed by atoms with Gasteiger partial charge in [0.2, 0.25) is 15.9 Å². The number of benzene rings is 2. The Kier molecular flexibility index (Phi) is 6.31. The number of hydrogen-bond donors (Lipinski definition) is 1. The van der Waals surface area contributed by atoms with Crippen molar-refractivity contribution in [3.05, 3.63) is 58.6 Å². The van der Waals surface area contributed by atoms with Crippen molar-refractivity contribution in [3.8, 4) is 0 Å². The first-order chi connectivity index (χ1) is 12.1. The Morgan fingerprint density at radius 3 is 2.42 bits per heavy atom. The fourth-order valence-corrected chi connectivity index (χ4v) is 4.21. The van der Waals surface area contributed by atoms with Crippen LogP contribution in [0.25, 0.3) is 0 Å². The largest absolute Gasteiger partial charge is 0.323 e. The summed E-state index contributed by atoms with van der Waals surface area (Å²) in [7, 11) is -3.68. The third kappa shape index (κ3) is 4.56. The van der Waals surface area contributed by atoms with E-state index in [0.717, 1.165) is 17.4 Å². The van der Waals surface area contributed by atoms with Crippen molar-refractivity contribution in [1.82, 2.24) is 0 Å². The molecule has 2 aromatic rings. The zero-order chi connectivity index (χ0) is 19.5. The molecule has 1 N–H and O–H groups in total. The Balaban J connectivity index is 2.47. The summed E-state index contributed by atoms with van der Waals surface area (Å²) < 4.78 is 26.3. The molecule has 0 radical (unpaired) electrons. The lowest BCUT2D eigenvalue weighted by Crippen LogP contribution is -2.47. The van der Waals surface area contributed by atoms with Gasteiger partial charge in [-0.2, -0.15) is 0 Å². The summed E-state index contributed by atoms with van der Waals surface area (Å²) in [6, 6.07) is 11.5. The number of rotatable bonds is 6. The van der Waals surface area contributed by atoms with E-state index >= 15 is 0 Å². The van der Waals surface area contributed by atoms with Crippen LogP contribution in [0.1, 0.15) is 24.5 Å². The Hall–Kier alpha value is -2.05. The summed E-state index contributed by atoms with van der Waals surface area (Å²) in [6.07, 6.45) is 1.43. The predicted octanol–water partition coefficient (Wildman–Crippen LogP) is 4.14. The molecule has 1 amide bonds. The van der Waals surface area contributed by atoms with Crippen LogP contribution in [-0.2, 0) is 14.8 Å². The third-order valence-corrected chi connectivity index (χ3v) is 5.56. The summed E-state index contributed by atoms with van der Waals surface area (Å²) >= 11 is 6.10. The van der Waals surface area contributed by atoms with Gasteiger partial charge in [-0.1, -0.05) is 42.8 Å². The van der Waals surface area contributed by atoms with Crippen LogP contribution in [0.15, 0.2) is 42.5 Å². The van der Waals surface area contributed by atoms with Crippen molar-refractivity contribution in [2.75, 3.05) is 15.9 Å². The number of carbonyl (C=O) groups excluding carboxylic acids is 1. The number of halogens is 1. The second-order valence-electron chi connectivity index (χ2n) is 6.24. The SMILES string of the molecule is CC[C@H](C(=O)Nc1ccccc1Cl)N(c1cc(C)ccc1C)S(C)(=O)=O. The summed E-state index contributed by atoms with van der Waals surface area (Å²) in [6.45, 7) is 5.49.